The third kappa shape index (κ3) is 3.98. The minimum absolute atomic E-state index is 0.781. The SMILES string of the molecule is Clc1cc(Br)ccc1CSc1ccc(Br)cn1. The standard InChI is InChI=1S/C12H8Br2ClNS/c13-9-2-1-8(11(15)5-9)7-17-12-4-3-10(14)6-16-12/h1-6H,7H2. The Balaban J connectivity index is 2.04. The number of hydrogen-bond acceptors (Lipinski definition) is 2. The highest BCUT2D eigenvalue weighted by atomic mass is 79.9. The van der Waals surface area contributed by atoms with E-state index in [1.807, 2.05) is 30.3 Å². The van der Waals surface area contributed by atoms with Crippen molar-refractivity contribution in [1.82, 2.24) is 4.98 Å². The van der Waals surface area contributed by atoms with Crippen LogP contribution in [-0.2, 0) is 5.75 Å². The average Bonchev–Trinajstić information content (AvgIpc) is 2.30. The molecule has 0 saturated heterocycles. The molecular weight excluding hydrogens is 385 g/mol. The Hall–Kier alpha value is -0.0300. The fourth-order valence-corrected chi connectivity index (χ4v) is 3.14. The summed E-state index contributed by atoms with van der Waals surface area (Å²) in [5.41, 5.74) is 1.12. The zero-order chi connectivity index (χ0) is 12.3. The number of hydrogen-bond donors (Lipinski definition) is 0. The van der Waals surface area contributed by atoms with Crippen molar-refractivity contribution >= 4 is 55.2 Å². The third-order valence-electron chi connectivity index (χ3n) is 2.09. The van der Waals surface area contributed by atoms with E-state index in [2.05, 4.69) is 36.8 Å². The Bertz CT molecular complexity index is 516. The Morgan fingerprint density at radius 1 is 1.12 bits per heavy atom. The van der Waals surface area contributed by atoms with Crippen molar-refractivity contribution in [2.75, 3.05) is 0 Å². The maximum Gasteiger partial charge on any atom is 0.0963 e. The summed E-state index contributed by atoms with van der Waals surface area (Å²) in [5.74, 6) is 0.820. The zero-order valence-corrected chi connectivity index (χ0v) is 13.4. The van der Waals surface area contributed by atoms with Gasteiger partial charge in [-0.3, -0.25) is 0 Å². The summed E-state index contributed by atoms with van der Waals surface area (Å²) in [5, 5.41) is 1.77. The fourth-order valence-electron chi connectivity index (χ4n) is 1.24. The first-order valence-electron chi connectivity index (χ1n) is 4.83. The number of pyridine rings is 1. The van der Waals surface area contributed by atoms with Gasteiger partial charge in [0.1, 0.15) is 0 Å². The molecule has 0 saturated carbocycles. The normalized spacial score (nSPS) is 10.5. The van der Waals surface area contributed by atoms with Crippen LogP contribution in [0.4, 0.5) is 0 Å². The molecule has 2 aromatic rings. The number of rotatable bonds is 3. The maximum absolute atomic E-state index is 6.15. The molecule has 5 heteroatoms. The molecule has 0 bridgehead atoms. The Morgan fingerprint density at radius 3 is 2.53 bits per heavy atom. The molecule has 1 aromatic carbocycles. The molecule has 0 aliphatic heterocycles. The number of benzene rings is 1. The molecule has 0 fully saturated rings. The lowest BCUT2D eigenvalue weighted by Gasteiger charge is -2.04. The highest BCUT2D eigenvalue weighted by Gasteiger charge is 2.03. The van der Waals surface area contributed by atoms with Gasteiger partial charge in [-0.15, -0.1) is 11.8 Å². The van der Waals surface area contributed by atoms with Crippen molar-refractivity contribution in [3.05, 3.63) is 56.1 Å². The summed E-state index contributed by atoms with van der Waals surface area (Å²) in [6.45, 7) is 0. The van der Waals surface area contributed by atoms with Crippen molar-refractivity contribution in [3.63, 3.8) is 0 Å². The van der Waals surface area contributed by atoms with Crippen LogP contribution in [0.1, 0.15) is 5.56 Å². The van der Waals surface area contributed by atoms with Crippen LogP contribution < -0.4 is 0 Å². The first-order chi connectivity index (χ1) is 8.15. The van der Waals surface area contributed by atoms with E-state index in [4.69, 9.17) is 11.6 Å². The second-order valence-corrected chi connectivity index (χ2v) is 6.57. The van der Waals surface area contributed by atoms with E-state index in [1.165, 1.54) is 0 Å². The molecule has 0 spiro atoms. The highest BCUT2D eigenvalue weighted by Crippen LogP contribution is 2.28. The van der Waals surface area contributed by atoms with E-state index in [1.54, 1.807) is 18.0 Å². The lowest BCUT2D eigenvalue weighted by molar-refractivity contribution is 1.12. The minimum Gasteiger partial charge on any atom is -0.249 e. The highest BCUT2D eigenvalue weighted by molar-refractivity contribution is 9.10. The molecule has 0 unspecified atom stereocenters. The quantitative estimate of drug-likeness (QED) is 0.634. The van der Waals surface area contributed by atoms with Gasteiger partial charge in [0.2, 0.25) is 0 Å². The molecule has 0 N–H and O–H groups in total. The van der Waals surface area contributed by atoms with Crippen LogP contribution in [0.5, 0.6) is 0 Å². The Kier molecular flexibility index (Phi) is 4.91. The zero-order valence-electron chi connectivity index (χ0n) is 8.66. The second-order valence-electron chi connectivity index (χ2n) is 3.34. The van der Waals surface area contributed by atoms with Gasteiger partial charge in [0, 0.05) is 25.9 Å². The predicted octanol–water partition coefficient (Wildman–Crippen LogP) is 5.55. The predicted molar refractivity (Wildman–Crippen MR) is 80.7 cm³/mol. The van der Waals surface area contributed by atoms with Crippen LogP contribution in [-0.4, -0.2) is 4.98 Å². The van der Waals surface area contributed by atoms with E-state index in [0.29, 0.717) is 0 Å². The van der Waals surface area contributed by atoms with Crippen LogP contribution in [0.25, 0.3) is 0 Å². The summed E-state index contributed by atoms with van der Waals surface area (Å²) in [7, 11) is 0. The molecule has 0 amide bonds. The van der Waals surface area contributed by atoms with Gasteiger partial charge in [-0.05, 0) is 45.8 Å². The van der Waals surface area contributed by atoms with Gasteiger partial charge < -0.3 is 0 Å². The Labute approximate surface area is 126 Å². The van der Waals surface area contributed by atoms with Gasteiger partial charge in [-0.25, -0.2) is 4.98 Å². The van der Waals surface area contributed by atoms with Crippen molar-refractivity contribution in [3.8, 4) is 0 Å². The molecule has 0 aliphatic carbocycles. The summed E-state index contributed by atoms with van der Waals surface area (Å²) in [4.78, 5) is 4.30. The first-order valence-corrected chi connectivity index (χ1v) is 7.78. The summed E-state index contributed by atoms with van der Waals surface area (Å²) in [6, 6.07) is 9.90. The minimum atomic E-state index is 0.781. The number of halogens is 3. The monoisotopic (exact) mass is 391 g/mol. The van der Waals surface area contributed by atoms with Gasteiger partial charge in [0.15, 0.2) is 0 Å². The number of aromatic nitrogens is 1. The van der Waals surface area contributed by atoms with Gasteiger partial charge in [0.25, 0.3) is 0 Å². The van der Waals surface area contributed by atoms with Gasteiger partial charge in [-0.1, -0.05) is 33.6 Å². The smallest absolute Gasteiger partial charge is 0.0963 e. The lowest BCUT2D eigenvalue weighted by atomic mass is 10.2. The number of thioether (sulfide) groups is 1. The molecule has 1 nitrogen and oxygen atoms in total. The van der Waals surface area contributed by atoms with E-state index >= 15 is 0 Å². The van der Waals surface area contributed by atoms with Crippen LogP contribution in [0.3, 0.4) is 0 Å². The topological polar surface area (TPSA) is 12.9 Å². The molecule has 0 radical (unpaired) electrons. The van der Waals surface area contributed by atoms with Crippen molar-refractivity contribution < 1.29 is 0 Å². The van der Waals surface area contributed by atoms with E-state index < -0.39 is 0 Å². The third-order valence-corrected chi connectivity index (χ3v) is 4.40. The summed E-state index contributed by atoms with van der Waals surface area (Å²) >= 11 is 14.6. The molecule has 1 aromatic heterocycles. The van der Waals surface area contributed by atoms with Crippen LogP contribution in [0.2, 0.25) is 5.02 Å². The van der Waals surface area contributed by atoms with Crippen molar-refractivity contribution in [2.24, 2.45) is 0 Å². The van der Waals surface area contributed by atoms with Crippen molar-refractivity contribution in [1.29, 1.82) is 0 Å². The van der Waals surface area contributed by atoms with Crippen LogP contribution >= 0.6 is 55.2 Å². The largest absolute Gasteiger partial charge is 0.249 e. The molecule has 0 aliphatic rings. The fraction of sp³-hybridized carbons (Fsp3) is 0.0833. The van der Waals surface area contributed by atoms with Crippen molar-refractivity contribution in [2.45, 2.75) is 10.8 Å². The number of nitrogens with zero attached hydrogens (tertiary/aromatic N) is 1. The Morgan fingerprint density at radius 2 is 1.88 bits per heavy atom. The average molecular weight is 394 g/mol. The molecule has 1 heterocycles. The molecule has 88 valence electrons. The lowest BCUT2D eigenvalue weighted by Crippen LogP contribution is -1.84. The van der Waals surface area contributed by atoms with Crippen LogP contribution in [0, 0.1) is 0 Å². The maximum atomic E-state index is 6.15. The van der Waals surface area contributed by atoms with E-state index in [-0.39, 0.29) is 0 Å². The van der Waals surface area contributed by atoms with E-state index in [9.17, 15) is 0 Å². The second kappa shape index (κ2) is 6.23. The van der Waals surface area contributed by atoms with Gasteiger partial charge in [-0.2, -0.15) is 0 Å². The molecule has 0 atom stereocenters. The molecule has 2 rings (SSSR count). The van der Waals surface area contributed by atoms with E-state index in [0.717, 1.165) is 30.3 Å². The summed E-state index contributed by atoms with van der Waals surface area (Å²) in [6.07, 6.45) is 1.80. The summed E-state index contributed by atoms with van der Waals surface area (Å²) < 4.78 is 1.99. The molecular formula is C12H8Br2ClNS. The first kappa shape index (κ1) is 13.4. The van der Waals surface area contributed by atoms with Gasteiger partial charge >= 0.3 is 0 Å². The van der Waals surface area contributed by atoms with Crippen LogP contribution in [0.15, 0.2) is 50.5 Å². The molecule has 17 heavy (non-hydrogen) atoms. The van der Waals surface area contributed by atoms with Gasteiger partial charge in [0.05, 0.1) is 5.03 Å².